The maximum atomic E-state index is 14.4. The van der Waals surface area contributed by atoms with Crippen LogP contribution in [0.4, 0.5) is 10.1 Å². The molecule has 3 heterocycles. The van der Waals surface area contributed by atoms with Gasteiger partial charge in [-0.1, -0.05) is 30.3 Å². The number of halogens is 1. The Hall–Kier alpha value is -3.47. The lowest BCUT2D eigenvalue weighted by molar-refractivity contribution is 0.401. The van der Waals surface area contributed by atoms with E-state index in [2.05, 4.69) is 4.98 Å². The van der Waals surface area contributed by atoms with Gasteiger partial charge in [0.25, 0.3) is 5.56 Å². The summed E-state index contributed by atoms with van der Waals surface area (Å²) in [6.45, 7) is 0. The number of allylic oxidation sites excluding steroid dienone is 2. The first-order valence-electron chi connectivity index (χ1n) is 8.25. The summed E-state index contributed by atoms with van der Waals surface area (Å²) in [7, 11) is 0. The smallest absolute Gasteiger partial charge is 0.279 e. The summed E-state index contributed by atoms with van der Waals surface area (Å²) >= 11 is 0. The number of rotatable bonds is 3. The molecule has 0 spiro atoms. The van der Waals surface area contributed by atoms with Crippen molar-refractivity contribution in [3.05, 3.63) is 102 Å². The van der Waals surface area contributed by atoms with Gasteiger partial charge < -0.3 is 4.90 Å². The molecule has 0 fully saturated rings. The van der Waals surface area contributed by atoms with Crippen LogP contribution in [0.1, 0.15) is 0 Å². The van der Waals surface area contributed by atoms with Crippen LogP contribution < -0.4 is 10.5 Å². The minimum atomic E-state index is -1.39. The van der Waals surface area contributed by atoms with Gasteiger partial charge in [-0.15, -0.1) is 0 Å². The molecule has 1 aliphatic rings. The molecule has 2 aromatic heterocycles. The molecule has 0 N–H and O–H groups in total. The van der Waals surface area contributed by atoms with Gasteiger partial charge in [-0.3, -0.25) is 14.3 Å². The highest BCUT2D eigenvalue weighted by molar-refractivity contribution is 5.66. The van der Waals surface area contributed by atoms with Crippen molar-refractivity contribution in [3.63, 3.8) is 0 Å². The van der Waals surface area contributed by atoms with Crippen LogP contribution in [0.15, 0.2) is 96.2 Å². The number of hydrogen-bond donors (Lipinski definition) is 0. The molecule has 5 heteroatoms. The maximum Gasteiger partial charge on any atom is 0.279 e. The predicted molar refractivity (Wildman–Crippen MR) is 101 cm³/mol. The summed E-state index contributed by atoms with van der Waals surface area (Å²) in [4.78, 5) is 18.8. The van der Waals surface area contributed by atoms with Gasteiger partial charge in [0.2, 0.25) is 0 Å². The molecule has 3 aromatic rings. The Balaban J connectivity index is 1.95. The van der Waals surface area contributed by atoms with Crippen molar-refractivity contribution in [2.24, 2.45) is 0 Å². The number of pyridine rings is 2. The summed E-state index contributed by atoms with van der Waals surface area (Å²) < 4.78 is 15.9. The Morgan fingerprint density at radius 3 is 2.54 bits per heavy atom. The van der Waals surface area contributed by atoms with E-state index in [1.807, 2.05) is 48.5 Å². The second kappa shape index (κ2) is 6.80. The Morgan fingerprint density at radius 2 is 1.81 bits per heavy atom. The summed E-state index contributed by atoms with van der Waals surface area (Å²) in [5.41, 5.74) is 2.12. The van der Waals surface area contributed by atoms with Crippen LogP contribution in [-0.2, 0) is 0 Å². The lowest BCUT2D eigenvalue weighted by Gasteiger charge is -2.25. The first-order valence-corrected chi connectivity index (χ1v) is 8.25. The molecule has 26 heavy (non-hydrogen) atoms. The van der Waals surface area contributed by atoms with Crippen molar-refractivity contribution >= 4 is 5.69 Å². The zero-order chi connectivity index (χ0) is 17.9. The van der Waals surface area contributed by atoms with E-state index < -0.39 is 6.30 Å². The van der Waals surface area contributed by atoms with E-state index in [1.165, 1.54) is 15.5 Å². The van der Waals surface area contributed by atoms with Crippen LogP contribution in [0.5, 0.6) is 0 Å². The molecule has 1 aliphatic heterocycles. The number of aromatic nitrogens is 2. The Labute approximate surface area is 150 Å². The summed E-state index contributed by atoms with van der Waals surface area (Å²) in [6, 6.07) is 16.5. The fourth-order valence-electron chi connectivity index (χ4n) is 2.89. The molecule has 1 atom stereocenters. The minimum absolute atomic E-state index is 0.255. The fourth-order valence-corrected chi connectivity index (χ4v) is 2.89. The van der Waals surface area contributed by atoms with Crippen molar-refractivity contribution in [3.8, 4) is 16.9 Å². The molecule has 0 bridgehead atoms. The van der Waals surface area contributed by atoms with Crippen molar-refractivity contribution in [1.29, 1.82) is 0 Å². The normalized spacial score (nSPS) is 16.0. The van der Waals surface area contributed by atoms with Crippen LogP contribution >= 0.6 is 0 Å². The van der Waals surface area contributed by atoms with Gasteiger partial charge in [-0.25, -0.2) is 4.39 Å². The first-order chi connectivity index (χ1) is 12.7. The number of nitrogens with zero attached hydrogens (tertiary/aromatic N) is 3. The second-order valence-corrected chi connectivity index (χ2v) is 5.85. The zero-order valence-electron chi connectivity index (χ0n) is 13.9. The molecule has 0 saturated heterocycles. The maximum absolute atomic E-state index is 14.4. The summed E-state index contributed by atoms with van der Waals surface area (Å²) in [6.07, 6.45) is 8.33. The van der Waals surface area contributed by atoms with Gasteiger partial charge >= 0.3 is 0 Å². The highest BCUT2D eigenvalue weighted by Crippen LogP contribution is 2.25. The Morgan fingerprint density at radius 1 is 1.00 bits per heavy atom. The van der Waals surface area contributed by atoms with Gasteiger partial charge in [0.15, 0.2) is 6.30 Å². The largest absolute Gasteiger partial charge is 0.309 e. The van der Waals surface area contributed by atoms with E-state index in [9.17, 15) is 9.18 Å². The van der Waals surface area contributed by atoms with Gasteiger partial charge in [0.05, 0.1) is 5.69 Å². The van der Waals surface area contributed by atoms with Crippen LogP contribution in [0.3, 0.4) is 0 Å². The van der Waals surface area contributed by atoms with Gasteiger partial charge in [0, 0.05) is 29.8 Å². The molecule has 128 valence electrons. The highest BCUT2D eigenvalue weighted by Gasteiger charge is 2.21. The average Bonchev–Trinajstić information content (AvgIpc) is 2.70. The Kier molecular flexibility index (Phi) is 4.19. The van der Waals surface area contributed by atoms with Crippen molar-refractivity contribution < 1.29 is 4.39 Å². The molecule has 0 radical (unpaired) electrons. The summed E-state index contributed by atoms with van der Waals surface area (Å²) in [5.74, 6) is 0. The van der Waals surface area contributed by atoms with Crippen LogP contribution in [0.2, 0.25) is 0 Å². The first kappa shape index (κ1) is 16.0. The van der Waals surface area contributed by atoms with Crippen molar-refractivity contribution in [2.75, 3.05) is 4.90 Å². The van der Waals surface area contributed by atoms with E-state index in [0.29, 0.717) is 11.4 Å². The third-order valence-corrected chi connectivity index (χ3v) is 4.16. The Bertz CT molecular complexity index is 1030. The van der Waals surface area contributed by atoms with E-state index in [1.54, 1.807) is 36.8 Å². The van der Waals surface area contributed by atoms with Gasteiger partial charge in [-0.2, -0.15) is 0 Å². The molecule has 1 unspecified atom stereocenters. The molecule has 4 nitrogen and oxygen atoms in total. The van der Waals surface area contributed by atoms with Crippen molar-refractivity contribution in [1.82, 2.24) is 9.55 Å². The summed E-state index contributed by atoms with van der Waals surface area (Å²) in [5, 5.41) is 0. The topological polar surface area (TPSA) is 38.1 Å². The van der Waals surface area contributed by atoms with Crippen LogP contribution in [0.25, 0.3) is 16.9 Å². The third kappa shape index (κ3) is 2.95. The average molecular weight is 345 g/mol. The lowest BCUT2D eigenvalue weighted by Crippen LogP contribution is -2.33. The standard InChI is InChI=1S/C21H16FN3O/c22-20-11-5-7-13-24(20)19-14-16(18-10-4-6-12-23-18)15-25(21(19)26)17-8-2-1-3-9-17/h1-15,20H. The SMILES string of the molecule is O=c1c(N2C=CC=CC2F)cc(-c2ccccn2)cn1-c1ccccc1. The fraction of sp³-hybridized carbons (Fsp3) is 0.0476. The van der Waals surface area contributed by atoms with Gasteiger partial charge in [0.1, 0.15) is 5.69 Å². The zero-order valence-corrected chi connectivity index (χ0v) is 13.9. The van der Waals surface area contributed by atoms with Gasteiger partial charge in [-0.05, 0) is 42.5 Å². The molecular weight excluding hydrogens is 329 g/mol. The molecule has 1 aromatic carbocycles. The third-order valence-electron chi connectivity index (χ3n) is 4.16. The molecule has 0 saturated carbocycles. The second-order valence-electron chi connectivity index (χ2n) is 5.85. The monoisotopic (exact) mass is 345 g/mol. The van der Waals surface area contributed by atoms with E-state index in [0.717, 1.165) is 5.56 Å². The van der Waals surface area contributed by atoms with Crippen molar-refractivity contribution in [2.45, 2.75) is 6.30 Å². The molecular formula is C21H16FN3O. The van der Waals surface area contributed by atoms with E-state index in [-0.39, 0.29) is 11.2 Å². The predicted octanol–water partition coefficient (Wildman–Crippen LogP) is 4.09. The number of alkyl halides is 1. The minimum Gasteiger partial charge on any atom is -0.309 e. The number of benzene rings is 1. The van der Waals surface area contributed by atoms with Crippen LogP contribution in [0, 0.1) is 0 Å². The van der Waals surface area contributed by atoms with Crippen LogP contribution in [-0.4, -0.2) is 15.8 Å². The quantitative estimate of drug-likeness (QED) is 0.671. The number of hydrogen-bond acceptors (Lipinski definition) is 3. The highest BCUT2D eigenvalue weighted by atomic mass is 19.1. The number of anilines is 1. The van der Waals surface area contributed by atoms with E-state index in [4.69, 9.17) is 0 Å². The van der Waals surface area contributed by atoms with E-state index >= 15 is 0 Å². The molecule has 0 aliphatic carbocycles. The lowest BCUT2D eigenvalue weighted by atomic mass is 10.1. The molecule has 0 amide bonds. The number of para-hydroxylation sites is 1. The molecule has 4 rings (SSSR count).